The number of aromatic hydroxyl groups is 1. The van der Waals surface area contributed by atoms with Gasteiger partial charge in [0.1, 0.15) is 11.3 Å². The van der Waals surface area contributed by atoms with Crippen LogP contribution in [0.5, 0.6) is 5.75 Å². The van der Waals surface area contributed by atoms with E-state index in [1.165, 1.54) is 6.20 Å². The van der Waals surface area contributed by atoms with Crippen molar-refractivity contribution in [2.24, 2.45) is 0 Å². The Morgan fingerprint density at radius 3 is 2.52 bits per heavy atom. The van der Waals surface area contributed by atoms with E-state index in [1.807, 2.05) is 0 Å². The third-order valence-electron chi connectivity index (χ3n) is 4.56. The molecule has 29 heavy (non-hydrogen) atoms. The number of amides is 1. The smallest absolute Gasteiger partial charge is 0.253 e. The van der Waals surface area contributed by atoms with Crippen molar-refractivity contribution in [1.29, 1.82) is 0 Å². The molecule has 1 amide bonds. The Morgan fingerprint density at radius 2 is 1.79 bits per heavy atom. The molecule has 0 aliphatic rings. The number of pyridine rings is 2. The molecule has 0 fully saturated rings. The molecule has 0 aliphatic carbocycles. The number of hydrogen-bond acceptors (Lipinski definition) is 4. The summed E-state index contributed by atoms with van der Waals surface area (Å²) < 4.78 is 0. The van der Waals surface area contributed by atoms with Crippen LogP contribution in [0.2, 0.25) is 10.0 Å². The van der Waals surface area contributed by atoms with Gasteiger partial charge < -0.3 is 10.4 Å². The van der Waals surface area contributed by atoms with E-state index < -0.39 is 6.04 Å². The lowest BCUT2D eigenvalue weighted by Crippen LogP contribution is -2.29. The van der Waals surface area contributed by atoms with Crippen molar-refractivity contribution in [2.45, 2.75) is 6.04 Å². The van der Waals surface area contributed by atoms with Gasteiger partial charge >= 0.3 is 0 Å². The van der Waals surface area contributed by atoms with Crippen LogP contribution in [0, 0.1) is 0 Å². The van der Waals surface area contributed by atoms with Crippen LogP contribution in [0.4, 0.5) is 0 Å². The summed E-state index contributed by atoms with van der Waals surface area (Å²) in [6.45, 7) is 0. The van der Waals surface area contributed by atoms with Crippen LogP contribution in [0.1, 0.15) is 27.5 Å². The second-order valence-electron chi connectivity index (χ2n) is 6.40. The maximum atomic E-state index is 12.8. The second-order valence-corrected chi connectivity index (χ2v) is 7.24. The molecule has 0 saturated carbocycles. The van der Waals surface area contributed by atoms with Gasteiger partial charge in [-0.25, -0.2) is 0 Å². The lowest BCUT2D eigenvalue weighted by atomic mass is 9.96. The molecule has 0 saturated heterocycles. The van der Waals surface area contributed by atoms with Crippen molar-refractivity contribution in [3.8, 4) is 5.75 Å². The minimum atomic E-state index is -0.677. The van der Waals surface area contributed by atoms with Crippen LogP contribution in [0.3, 0.4) is 0 Å². The molecule has 7 heteroatoms. The Labute approximate surface area is 177 Å². The van der Waals surface area contributed by atoms with Crippen molar-refractivity contribution in [2.75, 3.05) is 0 Å². The average Bonchev–Trinajstić information content (AvgIpc) is 2.76. The molecule has 4 rings (SSSR count). The zero-order chi connectivity index (χ0) is 20.4. The molecule has 0 spiro atoms. The zero-order valence-electron chi connectivity index (χ0n) is 15.0. The molecular weight excluding hydrogens is 409 g/mol. The summed E-state index contributed by atoms with van der Waals surface area (Å²) >= 11 is 12.5. The van der Waals surface area contributed by atoms with E-state index in [-0.39, 0.29) is 11.7 Å². The molecule has 0 bridgehead atoms. The van der Waals surface area contributed by atoms with Gasteiger partial charge in [0.2, 0.25) is 0 Å². The molecule has 0 unspecified atom stereocenters. The van der Waals surface area contributed by atoms with Gasteiger partial charge in [0.25, 0.3) is 5.91 Å². The number of halogens is 2. The summed E-state index contributed by atoms with van der Waals surface area (Å²) in [6.07, 6.45) is 4.64. The number of phenolic OH excluding ortho intramolecular Hbond substituents is 1. The van der Waals surface area contributed by atoms with Crippen LogP contribution in [-0.4, -0.2) is 21.0 Å². The van der Waals surface area contributed by atoms with Gasteiger partial charge in [0.15, 0.2) is 0 Å². The average molecular weight is 424 g/mol. The van der Waals surface area contributed by atoms with Crippen molar-refractivity contribution in [3.63, 3.8) is 0 Å². The van der Waals surface area contributed by atoms with E-state index >= 15 is 0 Å². The normalized spacial score (nSPS) is 11.9. The van der Waals surface area contributed by atoms with E-state index in [9.17, 15) is 9.90 Å². The van der Waals surface area contributed by atoms with Crippen molar-refractivity contribution in [3.05, 3.63) is 99.9 Å². The number of phenols is 1. The minimum absolute atomic E-state index is 0.0450. The van der Waals surface area contributed by atoms with Crippen LogP contribution in [0.15, 0.2) is 73.2 Å². The number of fused-ring (bicyclic) bond motifs is 1. The van der Waals surface area contributed by atoms with Gasteiger partial charge in [-0.05, 0) is 48.0 Å². The second kappa shape index (κ2) is 8.07. The molecule has 2 heterocycles. The highest BCUT2D eigenvalue weighted by atomic mass is 35.5. The quantitative estimate of drug-likeness (QED) is 0.475. The van der Waals surface area contributed by atoms with Gasteiger partial charge in [0.05, 0.1) is 16.6 Å². The Kier molecular flexibility index (Phi) is 5.34. The number of nitrogens with zero attached hydrogens (tertiary/aromatic N) is 2. The molecule has 2 aromatic heterocycles. The number of nitrogens with one attached hydrogen (secondary N) is 1. The van der Waals surface area contributed by atoms with E-state index in [1.54, 1.807) is 67.0 Å². The maximum absolute atomic E-state index is 12.8. The highest BCUT2D eigenvalue weighted by Gasteiger charge is 2.24. The van der Waals surface area contributed by atoms with Gasteiger partial charge in [-0.2, -0.15) is 0 Å². The number of rotatable bonds is 4. The fourth-order valence-corrected chi connectivity index (χ4v) is 3.53. The van der Waals surface area contributed by atoms with Crippen LogP contribution < -0.4 is 5.32 Å². The van der Waals surface area contributed by atoms with Crippen molar-refractivity contribution < 1.29 is 9.90 Å². The summed E-state index contributed by atoms with van der Waals surface area (Å²) in [6, 6.07) is 14.8. The minimum Gasteiger partial charge on any atom is -0.505 e. The number of benzene rings is 2. The monoisotopic (exact) mass is 423 g/mol. The van der Waals surface area contributed by atoms with Gasteiger partial charge in [-0.15, -0.1) is 0 Å². The predicted molar refractivity (Wildman–Crippen MR) is 113 cm³/mol. The first kappa shape index (κ1) is 19.2. The first-order chi connectivity index (χ1) is 14.0. The highest BCUT2D eigenvalue weighted by Crippen LogP contribution is 2.38. The number of carbonyl (C=O) groups is 1. The standard InChI is InChI=1S/C22H15Cl2N3O2/c23-15-7-5-13(6-8-15)19(27-22(29)14-3-1-9-25-12-14)17-11-18(24)16-4-2-10-26-20(16)21(17)28/h1-12,19,28H,(H,27,29)/t19-/m0/s1. The predicted octanol–water partition coefficient (Wildman–Crippen LogP) is 5.16. The molecule has 0 radical (unpaired) electrons. The van der Waals surface area contributed by atoms with Crippen LogP contribution in [0.25, 0.3) is 10.9 Å². The summed E-state index contributed by atoms with van der Waals surface area (Å²) in [7, 11) is 0. The van der Waals surface area contributed by atoms with Gasteiger partial charge in [-0.1, -0.05) is 35.3 Å². The summed E-state index contributed by atoms with van der Waals surface area (Å²) in [5.74, 6) is -0.383. The zero-order valence-corrected chi connectivity index (χ0v) is 16.5. The topological polar surface area (TPSA) is 75.1 Å². The van der Waals surface area contributed by atoms with E-state index in [0.29, 0.717) is 32.1 Å². The molecule has 4 aromatic rings. The first-order valence-electron chi connectivity index (χ1n) is 8.77. The largest absolute Gasteiger partial charge is 0.505 e. The third-order valence-corrected chi connectivity index (χ3v) is 5.12. The lowest BCUT2D eigenvalue weighted by molar-refractivity contribution is 0.0942. The molecule has 1 atom stereocenters. The van der Waals surface area contributed by atoms with Crippen molar-refractivity contribution in [1.82, 2.24) is 15.3 Å². The van der Waals surface area contributed by atoms with Crippen LogP contribution >= 0.6 is 23.2 Å². The Hall–Kier alpha value is -3.15. The SMILES string of the molecule is O=C(N[C@@H](c1ccc(Cl)cc1)c1cc(Cl)c2cccnc2c1O)c1cccnc1. The summed E-state index contributed by atoms with van der Waals surface area (Å²) in [4.78, 5) is 21.1. The lowest BCUT2D eigenvalue weighted by Gasteiger charge is -2.22. The van der Waals surface area contributed by atoms with Gasteiger partial charge in [-0.3, -0.25) is 14.8 Å². The Morgan fingerprint density at radius 1 is 1.03 bits per heavy atom. The fourth-order valence-electron chi connectivity index (χ4n) is 3.13. The molecule has 2 aromatic carbocycles. The molecule has 0 aliphatic heterocycles. The highest BCUT2D eigenvalue weighted by molar-refractivity contribution is 6.35. The van der Waals surface area contributed by atoms with Crippen LogP contribution in [-0.2, 0) is 0 Å². The first-order valence-corrected chi connectivity index (χ1v) is 9.52. The Balaban J connectivity index is 1.84. The molecular formula is C22H15Cl2N3O2. The number of carbonyl (C=O) groups excluding carboxylic acids is 1. The third kappa shape index (κ3) is 3.88. The fraction of sp³-hybridized carbons (Fsp3) is 0.0455. The summed E-state index contributed by atoms with van der Waals surface area (Å²) in [5.41, 5.74) is 1.93. The van der Waals surface area contributed by atoms with Crippen molar-refractivity contribution >= 4 is 40.0 Å². The van der Waals surface area contributed by atoms with E-state index in [0.717, 1.165) is 5.56 Å². The van der Waals surface area contributed by atoms with E-state index in [4.69, 9.17) is 23.2 Å². The number of hydrogen-bond donors (Lipinski definition) is 2. The molecule has 144 valence electrons. The Bertz CT molecular complexity index is 1180. The van der Waals surface area contributed by atoms with E-state index in [2.05, 4.69) is 15.3 Å². The van der Waals surface area contributed by atoms with Gasteiger partial charge in [0, 0.05) is 34.6 Å². The maximum Gasteiger partial charge on any atom is 0.253 e. The summed E-state index contributed by atoms with van der Waals surface area (Å²) in [5, 5.41) is 15.5. The number of aromatic nitrogens is 2. The molecule has 2 N–H and O–H groups in total. The molecule has 5 nitrogen and oxygen atoms in total.